The number of benzene rings is 2. The molecule has 1 fully saturated rings. The second kappa shape index (κ2) is 8.09. The zero-order valence-electron chi connectivity index (χ0n) is 16.6. The third-order valence-electron chi connectivity index (χ3n) is 5.72. The lowest BCUT2D eigenvalue weighted by molar-refractivity contribution is -0.132. The molecule has 7 nitrogen and oxygen atoms in total. The Kier molecular flexibility index (Phi) is 5.65. The van der Waals surface area contributed by atoms with Gasteiger partial charge in [-0.1, -0.05) is 36.7 Å². The maximum atomic E-state index is 12.9. The van der Waals surface area contributed by atoms with Gasteiger partial charge in [0.2, 0.25) is 22.7 Å². The minimum atomic E-state index is -3.69. The molecular weight excluding hydrogens is 428 g/mol. The summed E-state index contributed by atoms with van der Waals surface area (Å²) < 4.78 is 37.9. The molecule has 30 heavy (non-hydrogen) atoms. The number of halogens is 1. The monoisotopic (exact) mass is 450 g/mol. The molecule has 0 bridgehead atoms. The summed E-state index contributed by atoms with van der Waals surface area (Å²) in [6.07, 6.45) is 0.868. The Hall–Kier alpha value is -2.29. The Balaban J connectivity index is 1.37. The lowest BCUT2D eigenvalue weighted by Crippen LogP contribution is -2.48. The van der Waals surface area contributed by atoms with E-state index in [1.807, 2.05) is 25.1 Å². The van der Waals surface area contributed by atoms with Crippen molar-refractivity contribution in [2.24, 2.45) is 5.41 Å². The fourth-order valence-electron chi connectivity index (χ4n) is 3.69. The Bertz CT molecular complexity index is 1060. The van der Waals surface area contributed by atoms with Crippen molar-refractivity contribution < 1.29 is 22.7 Å². The molecule has 2 aliphatic rings. The van der Waals surface area contributed by atoms with E-state index < -0.39 is 15.4 Å². The van der Waals surface area contributed by atoms with Crippen LogP contribution in [0.25, 0.3) is 0 Å². The summed E-state index contributed by atoms with van der Waals surface area (Å²) in [7, 11) is -3.69. The second-order valence-electron chi connectivity index (χ2n) is 7.77. The summed E-state index contributed by atoms with van der Waals surface area (Å²) in [6, 6.07) is 12.0. The van der Waals surface area contributed by atoms with E-state index in [1.165, 1.54) is 10.4 Å². The maximum Gasteiger partial charge on any atom is 0.244 e. The van der Waals surface area contributed by atoms with Gasteiger partial charge in [0, 0.05) is 25.0 Å². The molecule has 2 heterocycles. The second-order valence-corrected chi connectivity index (χ2v) is 10.1. The average Bonchev–Trinajstić information content (AvgIpc) is 3.20. The summed E-state index contributed by atoms with van der Waals surface area (Å²) in [5.74, 6) is 1.28. The lowest BCUT2D eigenvalue weighted by Gasteiger charge is -2.37. The molecule has 4 rings (SSSR count). The first-order chi connectivity index (χ1) is 14.3. The average molecular weight is 451 g/mol. The Morgan fingerprint density at radius 1 is 1.13 bits per heavy atom. The molecule has 2 aromatic carbocycles. The number of nitrogens with one attached hydrogen (secondary N) is 1. The molecule has 2 aromatic rings. The predicted molar refractivity (Wildman–Crippen MR) is 112 cm³/mol. The van der Waals surface area contributed by atoms with Crippen LogP contribution in [-0.2, 0) is 21.4 Å². The number of piperidine rings is 1. The van der Waals surface area contributed by atoms with Gasteiger partial charge in [0.25, 0.3) is 0 Å². The van der Waals surface area contributed by atoms with Crippen LogP contribution in [0.3, 0.4) is 0 Å². The van der Waals surface area contributed by atoms with E-state index >= 15 is 0 Å². The lowest BCUT2D eigenvalue weighted by atomic mass is 9.80. The van der Waals surface area contributed by atoms with Crippen molar-refractivity contribution >= 4 is 27.5 Å². The van der Waals surface area contributed by atoms with Gasteiger partial charge in [0.05, 0.1) is 5.02 Å². The molecule has 0 unspecified atom stereocenters. The first-order valence-corrected chi connectivity index (χ1v) is 11.5. The topological polar surface area (TPSA) is 84.9 Å². The van der Waals surface area contributed by atoms with E-state index in [2.05, 4.69) is 5.32 Å². The number of hydrogen-bond donors (Lipinski definition) is 1. The minimum Gasteiger partial charge on any atom is -0.454 e. The smallest absolute Gasteiger partial charge is 0.244 e. The Labute approximate surface area is 181 Å². The van der Waals surface area contributed by atoms with E-state index in [9.17, 15) is 13.2 Å². The molecule has 0 radical (unpaired) electrons. The summed E-state index contributed by atoms with van der Waals surface area (Å²) in [4.78, 5) is 13.0. The number of hydrogen-bond acceptors (Lipinski definition) is 5. The molecule has 0 aliphatic carbocycles. The zero-order chi connectivity index (χ0) is 21.4. The van der Waals surface area contributed by atoms with Gasteiger partial charge in [-0.25, -0.2) is 8.42 Å². The van der Waals surface area contributed by atoms with Crippen LogP contribution in [0.1, 0.15) is 25.3 Å². The van der Waals surface area contributed by atoms with Crippen molar-refractivity contribution in [3.8, 4) is 11.5 Å². The number of ether oxygens (including phenoxy) is 2. The Morgan fingerprint density at radius 3 is 2.57 bits per heavy atom. The SMILES string of the molecule is CC1(C(=O)NCc2ccc3c(c2)OCO3)CCN(S(=O)(=O)c2ccccc2Cl)CC1. The van der Waals surface area contributed by atoms with Crippen molar-refractivity contribution in [3.63, 3.8) is 0 Å². The van der Waals surface area contributed by atoms with Crippen LogP contribution in [-0.4, -0.2) is 38.5 Å². The van der Waals surface area contributed by atoms with Crippen molar-refractivity contribution in [1.29, 1.82) is 0 Å². The van der Waals surface area contributed by atoms with Gasteiger partial charge >= 0.3 is 0 Å². The fourth-order valence-corrected chi connectivity index (χ4v) is 5.62. The predicted octanol–water partition coefficient (Wildman–Crippen LogP) is 3.18. The summed E-state index contributed by atoms with van der Waals surface area (Å²) in [5, 5.41) is 3.17. The molecule has 160 valence electrons. The number of carbonyl (C=O) groups is 1. The van der Waals surface area contributed by atoms with E-state index in [-0.39, 0.29) is 35.7 Å². The highest BCUT2D eigenvalue weighted by Gasteiger charge is 2.40. The molecule has 1 N–H and O–H groups in total. The quantitative estimate of drug-likeness (QED) is 0.756. The maximum absolute atomic E-state index is 12.9. The third kappa shape index (κ3) is 3.99. The van der Waals surface area contributed by atoms with Gasteiger partial charge in [0.15, 0.2) is 11.5 Å². The summed E-state index contributed by atoms with van der Waals surface area (Å²) >= 11 is 6.08. The first kappa shape index (κ1) is 21.0. The van der Waals surface area contributed by atoms with Crippen LogP contribution in [0.5, 0.6) is 11.5 Å². The van der Waals surface area contributed by atoms with E-state index in [4.69, 9.17) is 21.1 Å². The molecule has 1 amide bonds. The highest BCUT2D eigenvalue weighted by atomic mass is 35.5. The van der Waals surface area contributed by atoms with Crippen molar-refractivity contribution in [2.45, 2.75) is 31.2 Å². The minimum absolute atomic E-state index is 0.0880. The number of fused-ring (bicyclic) bond motifs is 1. The molecule has 9 heteroatoms. The van der Waals surface area contributed by atoms with Crippen LogP contribution in [0.15, 0.2) is 47.4 Å². The molecule has 2 aliphatic heterocycles. The van der Waals surface area contributed by atoms with Crippen LogP contribution in [0.4, 0.5) is 0 Å². The third-order valence-corrected chi connectivity index (χ3v) is 8.12. The van der Waals surface area contributed by atoms with Crippen LogP contribution in [0, 0.1) is 5.41 Å². The van der Waals surface area contributed by atoms with Crippen LogP contribution in [0.2, 0.25) is 5.02 Å². The number of rotatable bonds is 5. The van der Waals surface area contributed by atoms with Crippen molar-refractivity contribution in [3.05, 3.63) is 53.1 Å². The normalized spacial score (nSPS) is 18.2. The van der Waals surface area contributed by atoms with E-state index in [0.717, 1.165) is 5.56 Å². The molecule has 0 saturated carbocycles. The largest absolute Gasteiger partial charge is 0.454 e. The first-order valence-electron chi connectivity index (χ1n) is 9.71. The zero-order valence-corrected chi connectivity index (χ0v) is 18.1. The van der Waals surface area contributed by atoms with Crippen LogP contribution >= 0.6 is 11.6 Å². The fraction of sp³-hybridized carbons (Fsp3) is 0.381. The molecule has 0 atom stereocenters. The van der Waals surface area contributed by atoms with Crippen molar-refractivity contribution in [2.75, 3.05) is 19.9 Å². The van der Waals surface area contributed by atoms with Gasteiger partial charge in [-0.3, -0.25) is 4.79 Å². The number of carbonyl (C=O) groups excluding carboxylic acids is 1. The van der Waals surface area contributed by atoms with Gasteiger partial charge in [0.1, 0.15) is 4.90 Å². The number of sulfonamides is 1. The standard InChI is InChI=1S/C21H23ClN2O5S/c1-21(20(25)23-13-15-6-7-17-18(12-15)29-14-28-17)8-10-24(11-9-21)30(26,27)19-5-3-2-4-16(19)22/h2-7,12H,8-11,13-14H2,1H3,(H,23,25). The van der Waals surface area contributed by atoms with Gasteiger partial charge in [-0.05, 0) is 42.7 Å². The molecule has 1 saturated heterocycles. The molecule has 0 spiro atoms. The van der Waals surface area contributed by atoms with E-state index in [1.54, 1.807) is 18.2 Å². The summed E-state index contributed by atoms with van der Waals surface area (Å²) in [5.41, 5.74) is 0.276. The Morgan fingerprint density at radius 2 is 1.83 bits per heavy atom. The molecular formula is C21H23ClN2O5S. The van der Waals surface area contributed by atoms with Crippen molar-refractivity contribution in [1.82, 2.24) is 9.62 Å². The van der Waals surface area contributed by atoms with Gasteiger partial charge < -0.3 is 14.8 Å². The van der Waals surface area contributed by atoms with E-state index in [0.29, 0.717) is 30.9 Å². The number of amides is 1. The van der Waals surface area contributed by atoms with Gasteiger partial charge in [-0.15, -0.1) is 0 Å². The van der Waals surface area contributed by atoms with Gasteiger partial charge in [-0.2, -0.15) is 4.31 Å². The molecule has 0 aromatic heterocycles. The highest BCUT2D eigenvalue weighted by molar-refractivity contribution is 7.89. The highest BCUT2D eigenvalue weighted by Crippen LogP contribution is 2.35. The van der Waals surface area contributed by atoms with Crippen LogP contribution < -0.4 is 14.8 Å². The summed E-state index contributed by atoms with van der Waals surface area (Å²) in [6.45, 7) is 2.98. The number of nitrogens with zero attached hydrogens (tertiary/aromatic N) is 1.